The Morgan fingerprint density at radius 3 is 2.86 bits per heavy atom. The lowest BCUT2D eigenvalue weighted by Gasteiger charge is -2.11. The minimum absolute atomic E-state index is 0.265. The predicted molar refractivity (Wildman–Crippen MR) is 60.7 cm³/mol. The van der Waals surface area contributed by atoms with Crippen LogP contribution < -0.4 is 5.32 Å². The van der Waals surface area contributed by atoms with Gasteiger partial charge in [-0.2, -0.15) is 0 Å². The van der Waals surface area contributed by atoms with Gasteiger partial charge in [0.05, 0.1) is 23.4 Å². The molecule has 0 unspecified atom stereocenters. The van der Waals surface area contributed by atoms with Gasteiger partial charge in [-0.1, -0.05) is 27.5 Å². The van der Waals surface area contributed by atoms with Crippen LogP contribution in [0.25, 0.3) is 0 Å². The second-order valence-electron chi connectivity index (χ2n) is 2.84. The quantitative estimate of drug-likeness (QED) is 0.789. The summed E-state index contributed by atoms with van der Waals surface area (Å²) in [5, 5.41) is 21.2. The molecule has 1 aromatic carbocycles. The molecule has 0 aliphatic carbocycles. The lowest BCUT2D eigenvalue weighted by Crippen LogP contribution is -2.23. The molecule has 78 valence electrons. The molecule has 14 heavy (non-hydrogen) atoms. The fourth-order valence-corrected chi connectivity index (χ4v) is 1.47. The van der Waals surface area contributed by atoms with Crippen LogP contribution in [0.15, 0.2) is 22.7 Å². The summed E-state index contributed by atoms with van der Waals surface area (Å²) in [5.41, 5.74) is 0.730. The zero-order chi connectivity index (χ0) is 10.6. The maximum absolute atomic E-state index is 9.11. The molecule has 0 fully saturated rings. The van der Waals surface area contributed by atoms with Gasteiger partial charge in [-0.25, -0.2) is 0 Å². The zero-order valence-electron chi connectivity index (χ0n) is 7.37. The highest BCUT2D eigenvalue weighted by Crippen LogP contribution is 2.25. The van der Waals surface area contributed by atoms with Gasteiger partial charge in [-0.15, -0.1) is 0 Å². The molecule has 0 saturated heterocycles. The molecule has 1 rings (SSSR count). The summed E-state index contributed by atoms with van der Waals surface area (Å²) in [6.07, 6.45) is -0.773. The van der Waals surface area contributed by atoms with Crippen LogP contribution in [-0.4, -0.2) is 29.5 Å². The van der Waals surface area contributed by atoms with Crippen molar-refractivity contribution >= 4 is 33.2 Å². The summed E-state index contributed by atoms with van der Waals surface area (Å²) in [6.45, 7) is 0.00525. The number of nitrogens with one attached hydrogen (secondary N) is 1. The Hall–Kier alpha value is -0.290. The third-order valence-corrected chi connectivity index (χ3v) is 2.49. The summed E-state index contributed by atoms with van der Waals surface area (Å²) in [6, 6.07) is 5.39. The lowest BCUT2D eigenvalue weighted by atomic mass is 10.3. The molecule has 0 bridgehead atoms. The number of hydrogen-bond acceptors (Lipinski definition) is 3. The third kappa shape index (κ3) is 3.46. The smallest absolute Gasteiger partial charge is 0.0942 e. The van der Waals surface area contributed by atoms with Gasteiger partial charge in [0.15, 0.2) is 0 Å². The highest BCUT2D eigenvalue weighted by molar-refractivity contribution is 9.10. The maximum atomic E-state index is 9.11. The number of hydrogen-bond donors (Lipinski definition) is 3. The molecule has 1 atom stereocenters. The fraction of sp³-hybridized carbons (Fsp3) is 0.333. The molecule has 0 aromatic heterocycles. The first-order chi connectivity index (χ1) is 6.63. The van der Waals surface area contributed by atoms with Gasteiger partial charge in [0.1, 0.15) is 0 Å². The van der Waals surface area contributed by atoms with E-state index in [1.165, 1.54) is 0 Å². The van der Waals surface area contributed by atoms with Crippen molar-refractivity contribution in [2.24, 2.45) is 0 Å². The van der Waals surface area contributed by atoms with Crippen molar-refractivity contribution in [1.82, 2.24) is 0 Å². The Bertz CT molecular complexity index is 309. The largest absolute Gasteiger partial charge is 0.394 e. The van der Waals surface area contributed by atoms with Crippen molar-refractivity contribution in [3.05, 3.63) is 27.7 Å². The van der Waals surface area contributed by atoms with Gasteiger partial charge in [-0.3, -0.25) is 0 Å². The summed E-state index contributed by atoms with van der Waals surface area (Å²) < 4.78 is 0.905. The Labute approximate surface area is 95.8 Å². The highest BCUT2D eigenvalue weighted by Gasteiger charge is 2.04. The van der Waals surface area contributed by atoms with Gasteiger partial charge in [0, 0.05) is 11.0 Å². The molecule has 1 aromatic rings. The number of aliphatic hydroxyl groups is 2. The average molecular weight is 281 g/mol. The van der Waals surface area contributed by atoms with E-state index < -0.39 is 6.10 Å². The SMILES string of the molecule is OC[C@@H](O)CNc1cc(Br)ccc1Cl. The van der Waals surface area contributed by atoms with Crippen molar-refractivity contribution in [3.63, 3.8) is 0 Å². The van der Waals surface area contributed by atoms with Gasteiger partial charge < -0.3 is 15.5 Å². The molecule has 0 heterocycles. The minimum Gasteiger partial charge on any atom is -0.394 e. The first kappa shape index (κ1) is 11.8. The second-order valence-corrected chi connectivity index (χ2v) is 4.16. The van der Waals surface area contributed by atoms with E-state index >= 15 is 0 Å². The van der Waals surface area contributed by atoms with E-state index in [1.807, 2.05) is 12.1 Å². The average Bonchev–Trinajstić information content (AvgIpc) is 2.19. The minimum atomic E-state index is -0.773. The number of rotatable bonds is 4. The van der Waals surface area contributed by atoms with Crippen molar-refractivity contribution in [3.8, 4) is 0 Å². The van der Waals surface area contributed by atoms with Crippen LogP contribution in [0.1, 0.15) is 0 Å². The van der Waals surface area contributed by atoms with E-state index in [0.717, 1.165) is 10.2 Å². The fourth-order valence-electron chi connectivity index (χ4n) is 0.925. The Kier molecular flexibility index (Phi) is 4.68. The molecule has 5 heteroatoms. The Balaban J connectivity index is 2.62. The first-order valence-electron chi connectivity index (χ1n) is 4.11. The van der Waals surface area contributed by atoms with Crippen molar-refractivity contribution in [2.75, 3.05) is 18.5 Å². The van der Waals surface area contributed by atoms with Crippen LogP contribution in [-0.2, 0) is 0 Å². The molecular weight excluding hydrogens is 269 g/mol. The second kappa shape index (κ2) is 5.56. The number of halogens is 2. The van der Waals surface area contributed by atoms with Crippen LogP contribution >= 0.6 is 27.5 Å². The first-order valence-corrected chi connectivity index (χ1v) is 5.28. The van der Waals surface area contributed by atoms with E-state index in [9.17, 15) is 0 Å². The van der Waals surface area contributed by atoms with Crippen LogP contribution in [0.4, 0.5) is 5.69 Å². The Morgan fingerprint density at radius 1 is 1.50 bits per heavy atom. The molecule has 0 aliphatic heterocycles. The van der Waals surface area contributed by atoms with Crippen molar-refractivity contribution in [1.29, 1.82) is 0 Å². The zero-order valence-corrected chi connectivity index (χ0v) is 9.72. The van der Waals surface area contributed by atoms with E-state index in [0.29, 0.717) is 5.02 Å². The molecule has 0 radical (unpaired) electrons. The Morgan fingerprint density at radius 2 is 2.21 bits per heavy atom. The topological polar surface area (TPSA) is 52.5 Å². The molecule has 3 nitrogen and oxygen atoms in total. The van der Waals surface area contributed by atoms with Gasteiger partial charge in [0.2, 0.25) is 0 Å². The van der Waals surface area contributed by atoms with Gasteiger partial charge in [0.25, 0.3) is 0 Å². The predicted octanol–water partition coefficient (Wildman–Crippen LogP) is 1.87. The summed E-state index contributed by atoms with van der Waals surface area (Å²) in [7, 11) is 0. The van der Waals surface area contributed by atoms with Crippen LogP contribution in [0.3, 0.4) is 0 Å². The number of aliphatic hydroxyl groups excluding tert-OH is 2. The van der Waals surface area contributed by atoms with Crippen LogP contribution in [0.2, 0.25) is 5.02 Å². The van der Waals surface area contributed by atoms with Crippen molar-refractivity contribution < 1.29 is 10.2 Å². The molecule has 0 aliphatic rings. The molecular formula is C9H11BrClNO2. The van der Waals surface area contributed by atoms with Crippen LogP contribution in [0.5, 0.6) is 0 Å². The molecule has 0 amide bonds. The monoisotopic (exact) mass is 279 g/mol. The van der Waals surface area contributed by atoms with E-state index in [4.69, 9.17) is 21.8 Å². The van der Waals surface area contributed by atoms with Crippen LogP contribution in [0, 0.1) is 0 Å². The normalized spacial score (nSPS) is 12.6. The van der Waals surface area contributed by atoms with Gasteiger partial charge >= 0.3 is 0 Å². The van der Waals surface area contributed by atoms with E-state index in [2.05, 4.69) is 21.2 Å². The standard InChI is InChI=1S/C9H11BrClNO2/c10-6-1-2-8(11)9(3-6)12-4-7(14)5-13/h1-3,7,12-14H,4-5H2/t7-/m0/s1. The van der Waals surface area contributed by atoms with Gasteiger partial charge in [-0.05, 0) is 18.2 Å². The van der Waals surface area contributed by atoms with Crippen molar-refractivity contribution in [2.45, 2.75) is 6.10 Å². The maximum Gasteiger partial charge on any atom is 0.0942 e. The summed E-state index contributed by atoms with van der Waals surface area (Å²) in [5.74, 6) is 0. The number of anilines is 1. The third-order valence-electron chi connectivity index (χ3n) is 1.67. The molecule has 0 spiro atoms. The van der Waals surface area contributed by atoms with E-state index in [-0.39, 0.29) is 13.2 Å². The summed E-state index contributed by atoms with van der Waals surface area (Å²) >= 11 is 9.21. The summed E-state index contributed by atoms with van der Waals surface area (Å²) in [4.78, 5) is 0. The molecule has 3 N–H and O–H groups in total. The lowest BCUT2D eigenvalue weighted by molar-refractivity contribution is 0.105. The highest BCUT2D eigenvalue weighted by atomic mass is 79.9. The van der Waals surface area contributed by atoms with E-state index in [1.54, 1.807) is 6.07 Å². The number of benzene rings is 1. The molecule has 0 saturated carbocycles.